The number of aryl methyl sites for hydroxylation is 3. The van der Waals surface area contributed by atoms with E-state index in [1.54, 1.807) is 23.1 Å². The summed E-state index contributed by atoms with van der Waals surface area (Å²) in [7, 11) is 1.88. The molecule has 0 aliphatic carbocycles. The lowest BCUT2D eigenvalue weighted by Gasteiger charge is -2.10. The maximum absolute atomic E-state index is 11.9. The molecule has 0 saturated carbocycles. The normalized spacial score (nSPS) is 10.9. The van der Waals surface area contributed by atoms with E-state index in [2.05, 4.69) is 15.5 Å². The molecule has 6 heteroatoms. The summed E-state index contributed by atoms with van der Waals surface area (Å²) < 4.78 is 3.22. The molecule has 6 nitrogen and oxygen atoms in total. The van der Waals surface area contributed by atoms with Gasteiger partial charge < -0.3 is 5.32 Å². The van der Waals surface area contributed by atoms with Crippen molar-refractivity contribution in [1.82, 2.24) is 19.6 Å². The zero-order valence-corrected chi connectivity index (χ0v) is 11.5. The maximum atomic E-state index is 11.9. The van der Waals surface area contributed by atoms with Crippen molar-refractivity contribution in [2.45, 2.75) is 32.9 Å². The summed E-state index contributed by atoms with van der Waals surface area (Å²) in [6.07, 6.45) is 6.18. The minimum Gasteiger partial charge on any atom is -0.381 e. The van der Waals surface area contributed by atoms with Crippen LogP contribution in [0.5, 0.6) is 0 Å². The second kappa shape index (κ2) is 5.69. The van der Waals surface area contributed by atoms with E-state index in [-0.39, 0.29) is 11.6 Å². The number of nitrogens with one attached hydrogen (secondary N) is 1. The molecule has 19 heavy (non-hydrogen) atoms. The number of rotatable bonds is 5. The van der Waals surface area contributed by atoms with Crippen molar-refractivity contribution in [2.75, 3.05) is 5.32 Å². The van der Waals surface area contributed by atoms with Crippen LogP contribution in [0.1, 0.15) is 19.4 Å². The standard InChI is InChI=1S/C13H19N5O/c1-10(2)16-12-6-13(19)18(15-8-12)5-4-11-7-14-17(3)9-11/h6-10,16H,4-5H2,1-3H3. The molecule has 0 aliphatic heterocycles. The lowest BCUT2D eigenvalue weighted by molar-refractivity contribution is 0.578. The molecule has 0 radical (unpaired) electrons. The number of hydrogen-bond acceptors (Lipinski definition) is 4. The summed E-state index contributed by atoms with van der Waals surface area (Å²) >= 11 is 0. The minimum absolute atomic E-state index is 0.0884. The van der Waals surface area contributed by atoms with Crippen molar-refractivity contribution in [3.63, 3.8) is 0 Å². The van der Waals surface area contributed by atoms with Gasteiger partial charge in [-0.05, 0) is 25.8 Å². The van der Waals surface area contributed by atoms with Gasteiger partial charge in [0, 0.05) is 31.9 Å². The Kier molecular flexibility index (Phi) is 3.99. The van der Waals surface area contributed by atoms with Gasteiger partial charge in [0.1, 0.15) is 0 Å². The summed E-state index contributed by atoms with van der Waals surface area (Å²) in [5.74, 6) is 0. The number of nitrogens with zero attached hydrogens (tertiary/aromatic N) is 4. The molecular formula is C13H19N5O. The van der Waals surface area contributed by atoms with Crippen LogP contribution < -0.4 is 10.9 Å². The Bertz CT molecular complexity index is 599. The third-order valence-corrected chi connectivity index (χ3v) is 2.70. The van der Waals surface area contributed by atoms with Crippen LogP contribution in [0.4, 0.5) is 5.69 Å². The highest BCUT2D eigenvalue weighted by Gasteiger charge is 2.03. The van der Waals surface area contributed by atoms with Gasteiger partial charge >= 0.3 is 0 Å². The van der Waals surface area contributed by atoms with Gasteiger partial charge in [-0.25, -0.2) is 4.68 Å². The highest BCUT2D eigenvalue weighted by atomic mass is 16.1. The van der Waals surface area contributed by atoms with E-state index in [1.807, 2.05) is 27.1 Å². The average molecular weight is 261 g/mol. The highest BCUT2D eigenvalue weighted by molar-refractivity contribution is 5.39. The van der Waals surface area contributed by atoms with Gasteiger partial charge in [0.25, 0.3) is 5.56 Å². The summed E-state index contributed by atoms with van der Waals surface area (Å²) in [5, 5.41) is 11.4. The van der Waals surface area contributed by atoms with Gasteiger partial charge in [0.2, 0.25) is 0 Å². The van der Waals surface area contributed by atoms with Crippen molar-refractivity contribution in [2.24, 2.45) is 7.05 Å². The second-order valence-electron chi connectivity index (χ2n) is 4.88. The first-order valence-corrected chi connectivity index (χ1v) is 6.36. The molecule has 0 amide bonds. The van der Waals surface area contributed by atoms with Crippen LogP contribution in [0.3, 0.4) is 0 Å². The minimum atomic E-state index is -0.0884. The van der Waals surface area contributed by atoms with Crippen LogP contribution in [0.2, 0.25) is 0 Å². The molecule has 2 aromatic rings. The van der Waals surface area contributed by atoms with Crippen molar-refractivity contribution in [1.29, 1.82) is 0 Å². The van der Waals surface area contributed by atoms with Crippen LogP contribution in [-0.4, -0.2) is 25.6 Å². The molecule has 2 rings (SSSR count). The summed E-state index contributed by atoms with van der Waals surface area (Å²) in [6.45, 7) is 4.61. The molecule has 0 spiro atoms. The van der Waals surface area contributed by atoms with E-state index in [0.717, 1.165) is 17.7 Å². The van der Waals surface area contributed by atoms with Crippen LogP contribution >= 0.6 is 0 Å². The highest BCUT2D eigenvalue weighted by Crippen LogP contribution is 2.03. The van der Waals surface area contributed by atoms with Crippen molar-refractivity contribution in [3.05, 3.63) is 40.6 Å². The smallest absolute Gasteiger partial charge is 0.268 e. The van der Waals surface area contributed by atoms with Crippen molar-refractivity contribution < 1.29 is 0 Å². The number of aromatic nitrogens is 4. The lowest BCUT2D eigenvalue weighted by Crippen LogP contribution is -2.24. The molecular weight excluding hydrogens is 242 g/mol. The summed E-state index contributed by atoms with van der Waals surface area (Å²) in [6, 6.07) is 1.86. The fraction of sp³-hybridized carbons (Fsp3) is 0.462. The predicted molar refractivity (Wildman–Crippen MR) is 74.2 cm³/mol. The molecule has 0 unspecified atom stereocenters. The first kappa shape index (κ1) is 13.3. The second-order valence-corrected chi connectivity index (χ2v) is 4.88. The molecule has 2 aromatic heterocycles. The average Bonchev–Trinajstić information content (AvgIpc) is 2.73. The van der Waals surface area contributed by atoms with E-state index in [9.17, 15) is 4.79 Å². The fourth-order valence-corrected chi connectivity index (χ4v) is 1.85. The molecule has 1 N–H and O–H groups in total. The van der Waals surface area contributed by atoms with Gasteiger partial charge in [-0.3, -0.25) is 9.48 Å². The first-order valence-electron chi connectivity index (χ1n) is 6.36. The van der Waals surface area contributed by atoms with E-state index in [0.29, 0.717) is 6.54 Å². The SMILES string of the molecule is CC(C)Nc1cnn(CCc2cnn(C)c2)c(=O)c1. The van der Waals surface area contributed by atoms with Crippen LogP contribution in [-0.2, 0) is 20.0 Å². The Labute approximate surface area is 112 Å². The predicted octanol–water partition coefficient (Wildman–Crippen LogP) is 1.04. The van der Waals surface area contributed by atoms with E-state index < -0.39 is 0 Å². The van der Waals surface area contributed by atoms with Gasteiger partial charge in [0.15, 0.2) is 0 Å². The fourth-order valence-electron chi connectivity index (χ4n) is 1.85. The molecule has 0 bridgehead atoms. The van der Waals surface area contributed by atoms with Gasteiger partial charge in [-0.1, -0.05) is 0 Å². The Morgan fingerprint density at radius 2 is 2.11 bits per heavy atom. The molecule has 2 heterocycles. The largest absolute Gasteiger partial charge is 0.381 e. The number of anilines is 1. The molecule has 102 valence electrons. The van der Waals surface area contributed by atoms with Crippen LogP contribution in [0.15, 0.2) is 29.5 Å². The van der Waals surface area contributed by atoms with Crippen LogP contribution in [0, 0.1) is 0 Å². The van der Waals surface area contributed by atoms with Gasteiger partial charge in [-0.2, -0.15) is 10.2 Å². The molecule has 0 aromatic carbocycles. The van der Waals surface area contributed by atoms with Crippen LogP contribution in [0.25, 0.3) is 0 Å². The zero-order valence-electron chi connectivity index (χ0n) is 11.5. The lowest BCUT2D eigenvalue weighted by atomic mass is 10.2. The number of hydrogen-bond donors (Lipinski definition) is 1. The van der Waals surface area contributed by atoms with Gasteiger partial charge in [0.05, 0.1) is 18.1 Å². The molecule has 0 aliphatic rings. The third-order valence-electron chi connectivity index (χ3n) is 2.70. The van der Waals surface area contributed by atoms with E-state index in [4.69, 9.17) is 0 Å². The Morgan fingerprint density at radius 1 is 1.32 bits per heavy atom. The topological polar surface area (TPSA) is 64.7 Å². The van der Waals surface area contributed by atoms with E-state index in [1.165, 1.54) is 4.68 Å². The zero-order chi connectivity index (χ0) is 13.8. The van der Waals surface area contributed by atoms with Gasteiger partial charge in [-0.15, -0.1) is 0 Å². The molecule has 0 saturated heterocycles. The Hall–Kier alpha value is -2.11. The first-order chi connectivity index (χ1) is 9.04. The van der Waals surface area contributed by atoms with E-state index >= 15 is 0 Å². The molecule has 0 atom stereocenters. The Morgan fingerprint density at radius 3 is 2.68 bits per heavy atom. The van der Waals surface area contributed by atoms with Crippen molar-refractivity contribution >= 4 is 5.69 Å². The summed E-state index contributed by atoms with van der Waals surface area (Å²) in [5.41, 5.74) is 1.77. The quantitative estimate of drug-likeness (QED) is 0.873. The Balaban J connectivity index is 2.03. The third kappa shape index (κ3) is 3.67. The maximum Gasteiger partial charge on any atom is 0.268 e. The van der Waals surface area contributed by atoms with Crippen molar-refractivity contribution in [3.8, 4) is 0 Å². The molecule has 0 fully saturated rings. The summed E-state index contributed by atoms with van der Waals surface area (Å²) in [4.78, 5) is 11.9. The monoisotopic (exact) mass is 261 g/mol.